The van der Waals surface area contributed by atoms with Crippen LogP contribution >= 0.6 is 0 Å². The van der Waals surface area contributed by atoms with Crippen molar-refractivity contribution in [3.05, 3.63) is 0 Å². The van der Waals surface area contributed by atoms with Gasteiger partial charge in [-0.1, -0.05) is 143 Å². The molecule has 5 nitrogen and oxygen atoms in total. The lowest BCUT2D eigenvalue weighted by molar-refractivity contribution is -0.161. The molecule has 5 heteroatoms. The lowest BCUT2D eigenvalue weighted by Crippen LogP contribution is -2.28. The molecular weight excluding hydrogens is 464 g/mol. The number of esters is 2. The Labute approximate surface area is 229 Å². The molecule has 220 valence electrons. The molecular formula is C32H62O5. The molecule has 0 unspecified atom stereocenters. The number of aliphatic hydroxyl groups excluding tert-OH is 1. The second kappa shape index (κ2) is 27.9. The first kappa shape index (κ1) is 35.9. The highest BCUT2D eigenvalue weighted by Crippen LogP contribution is 2.15. The van der Waals surface area contributed by atoms with Gasteiger partial charge in [0.15, 0.2) is 6.10 Å². The van der Waals surface area contributed by atoms with E-state index in [9.17, 15) is 14.7 Å². The number of unbranched alkanes of at least 4 members (excludes halogenated alkanes) is 18. The minimum atomic E-state index is -0.758. The van der Waals surface area contributed by atoms with Gasteiger partial charge in [-0.3, -0.25) is 9.59 Å². The molecule has 0 spiro atoms. The topological polar surface area (TPSA) is 72.8 Å². The lowest BCUT2D eigenvalue weighted by atomic mass is 10.0. The zero-order valence-electron chi connectivity index (χ0n) is 24.9. The molecule has 0 saturated heterocycles. The summed E-state index contributed by atoms with van der Waals surface area (Å²) in [5.74, 6) is 0.258. The van der Waals surface area contributed by atoms with Crippen LogP contribution in [0.4, 0.5) is 0 Å². The maximum Gasteiger partial charge on any atom is 0.306 e. The summed E-state index contributed by atoms with van der Waals surface area (Å²) in [6.07, 6.45) is 26.2. The van der Waals surface area contributed by atoms with Crippen molar-refractivity contribution in [2.75, 3.05) is 13.2 Å². The van der Waals surface area contributed by atoms with Crippen molar-refractivity contribution < 1.29 is 24.2 Å². The smallest absolute Gasteiger partial charge is 0.306 e. The Hall–Kier alpha value is -1.10. The minimum absolute atomic E-state index is 0.0603. The summed E-state index contributed by atoms with van der Waals surface area (Å²) in [5.41, 5.74) is 0. The molecule has 0 heterocycles. The molecule has 0 aliphatic rings. The van der Waals surface area contributed by atoms with Crippen LogP contribution in [0, 0.1) is 5.92 Å². The molecule has 0 aliphatic heterocycles. The van der Waals surface area contributed by atoms with Crippen LogP contribution in [-0.4, -0.2) is 36.4 Å². The summed E-state index contributed by atoms with van der Waals surface area (Å²) in [6, 6.07) is 0. The van der Waals surface area contributed by atoms with Crippen molar-refractivity contribution >= 4 is 11.9 Å². The van der Waals surface area contributed by atoms with E-state index in [0.717, 1.165) is 38.0 Å². The fourth-order valence-corrected chi connectivity index (χ4v) is 4.62. The maximum absolute atomic E-state index is 11.9. The highest BCUT2D eigenvalue weighted by atomic mass is 16.6. The Balaban J connectivity index is 3.45. The Morgan fingerprint density at radius 3 is 1.43 bits per heavy atom. The van der Waals surface area contributed by atoms with Crippen LogP contribution in [0.2, 0.25) is 0 Å². The van der Waals surface area contributed by atoms with Gasteiger partial charge in [0.25, 0.3) is 0 Å². The van der Waals surface area contributed by atoms with Crippen LogP contribution in [0.15, 0.2) is 0 Å². The molecule has 0 aromatic rings. The van der Waals surface area contributed by atoms with Crippen molar-refractivity contribution in [2.24, 2.45) is 5.92 Å². The average Bonchev–Trinajstić information content (AvgIpc) is 2.88. The van der Waals surface area contributed by atoms with Gasteiger partial charge in [-0.2, -0.15) is 0 Å². The predicted molar refractivity (Wildman–Crippen MR) is 155 cm³/mol. The van der Waals surface area contributed by atoms with Gasteiger partial charge in [-0.05, 0) is 18.8 Å². The van der Waals surface area contributed by atoms with Crippen molar-refractivity contribution in [3.63, 3.8) is 0 Å². The number of aliphatic hydroxyl groups is 1. The molecule has 0 radical (unpaired) electrons. The fraction of sp³-hybridized carbons (Fsp3) is 0.938. The van der Waals surface area contributed by atoms with Gasteiger partial charge in [0, 0.05) is 12.8 Å². The minimum Gasteiger partial charge on any atom is -0.462 e. The molecule has 0 bridgehead atoms. The van der Waals surface area contributed by atoms with Gasteiger partial charge in [-0.15, -0.1) is 0 Å². The molecule has 1 N–H and O–H groups in total. The third-order valence-corrected chi connectivity index (χ3v) is 7.08. The van der Waals surface area contributed by atoms with Crippen molar-refractivity contribution in [3.8, 4) is 0 Å². The molecule has 0 aromatic carbocycles. The van der Waals surface area contributed by atoms with Crippen molar-refractivity contribution in [1.29, 1.82) is 0 Å². The van der Waals surface area contributed by atoms with Gasteiger partial charge in [-0.25, -0.2) is 0 Å². The van der Waals surface area contributed by atoms with E-state index in [4.69, 9.17) is 9.47 Å². The normalized spacial score (nSPS) is 12.1. The van der Waals surface area contributed by atoms with Crippen LogP contribution in [0.3, 0.4) is 0 Å². The Bertz CT molecular complexity index is 505. The van der Waals surface area contributed by atoms with E-state index in [2.05, 4.69) is 20.8 Å². The summed E-state index contributed by atoms with van der Waals surface area (Å²) in [5, 5.41) is 9.40. The highest BCUT2D eigenvalue weighted by molar-refractivity contribution is 5.70. The van der Waals surface area contributed by atoms with E-state index >= 15 is 0 Å². The van der Waals surface area contributed by atoms with Gasteiger partial charge in [0.1, 0.15) is 6.61 Å². The van der Waals surface area contributed by atoms with Gasteiger partial charge in [0.05, 0.1) is 6.61 Å². The maximum atomic E-state index is 11.9. The lowest BCUT2D eigenvalue weighted by Gasteiger charge is -2.15. The van der Waals surface area contributed by atoms with E-state index in [-0.39, 0.29) is 25.2 Å². The van der Waals surface area contributed by atoms with Crippen LogP contribution in [-0.2, 0) is 19.1 Å². The molecule has 0 saturated carbocycles. The summed E-state index contributed by atoms with van der Waals surface area (Å²) < 4.78 is 10.4. The first-order valence-electron chi connectivity index (χ1n) is 16.0. The molecule has 0 rings (SSSR count). The largest absolute Gasteiger partial charge is 0.462 e. The van der Waals surface area contributed by atoms with Crippen molar-refractivity contribution in [1.82, 2.24) is 0 Å². The van der Waals surface area contributed by atoms with E-state index in [1.807, 2.05) is 0 Å². The van der Waals surface area contributed by atoms with Gasteiger partial charge in [0.2, 0.25) is 0 Å². The number of hydrogen-bond acceptors (Lipinski definition) is 5. The van der Waals surface area contributed by atoms with E-state index in [0.29, 0.717) is 12.8 Å². The number of ether oxygens (including phenoxy) is 2. The summed E-state index contributed by atoms with van der Waals surface area (Å²) >= 11 is 0. The van der Waals surface area contributed by atoms with Crippen LogP contribution in [0.25, 0.3) is 0 Å². The molecule has 0 aromatic heterocycles. The number of hydrogen-bond donors (Lipinski definition) is 1. The monoisotopic (exact) mass is 526 g/mol. The third kappa shape index (κ3) is 27.7. The van der Waals surface area contributed by atoms with E-state index in [1.54, 1.807) is 0 Å². The fourth-order valence-electron chi connectivity index (χ4n) is 4.62. The molecule has 0 fully saturated rings. The van der Waals surface area contributed by atoms with Crippen molar-refractivity contribution in [2.45, 2.75) is 175 Å². The molecule has 0 amide bonds. The first-order chi connectivity index (χ1) is 18.0. The second-order valence-corrected chi connectivity index (χ2v) is 11.4. The van der Waals surface area contributed by atoms with Gasteiger partial charge >= 0.3 is 11.9 Å². The third-order valence-electron chi connectivity index (χ3n) is 7.08. The van der Waals surface area contributed by atoms with Crippen LogP contribution in [0.5, 0.6) is 0 Å². The second-order valence-electron chi connectivity index (χ2n) is 11.4. The Morgan fingerprint density at radius 2 is 1.00 bits per heavy atom. The molecule has 37 heavy (non-hydrogen) atoms. The van der Waals surface area contributed by atoms with E-state index in [1.165, 1.54) is 103 Å². The zero-order valence-corrected chi connectivity index (χ0v) is 24.9. The predicted octanol–water partition coefficient (Wildman–Crippen LogP) is 9.08. The summed E-state index contributed by atoms with van der Waals surface area (Å²) in [4.78, 5) is 23.8. The molecule has 1 atom stereocenters. The molecule has 0 aliphatic carbocycles. The Morgan fingerprint density at radius 1 is 0.595 bits per heavy atom. The quantitative estimate of drug-likeness (QED) is 0.0813. The standard InChI is InChI=1S/C32H62O5/c1-4-5-6-18-23-26-32(35)37-30(27-33)28-36-31(34)25-22-20-17-15-13-11-9-7-8-10-12-14-16-19-21-24-29(2)3/h29-30,33H,4-28H2,1-3H3/t30-/m0/s1. The highest BCUT2D eigenvalue weighted by Gasteiger charge is 2.16. The zero-order chi connectivity index (χ0) is 27.4. The van der Waals surface area contributed by atoms with Crippen LogP contribution < -0.4 is 0 Å². The van der Waals surface area contributed by atoms with Crippen LogP contribution in [0.1, 0.15) is 168 Å². The first-order valence-corrected chi connectivity index (χ1v) is 16.0. The number of carbonyl (C=O) groups excluding carboxylic acids is 2. The number of carbonyl (C=O) groups is 2. The SMILES string of the molecule is CCCCCCCC(=O)O[C@@H](CO)COC(=O)CCCCCCCCCCCCCCCCCC(C)C. The number of rotatable bonds is 28. The summed E-state index contributed by atoms with van der Waals surface area (Å²) in [6.45, 7) is 6.40. The summed E-state index contributed by atoms with van der Waals surface area (Å²) in [7, 11) is 0. The van der Waals surface area contributed by atoms with E-state index < -0.39 is 6.10 Å². The Kier molecular flexibility index (Phi) is 27.1. The van der Waals surface area contributed by atoms with Gasteiger partial charge < -0.3 is 14.6 Å². The average molecular weight is 527 g/mol.